The van der Waals surface area contributed by atoms with Crippen molar-refractivity contribution < 1.29 is 24.2 Å². The van der Waals surface area contributed by atoms with E-state index >= 15 is 0 Å². The molecule has 31 heavy (non-hydrogen) atoms. The van der Waals surface area contributed by atoms with Crippen LogP contribution in [-0.4, -0.2) is 40.8 Å². The number of aryl methyl sites for hydroxylation is 2. The molecule has 0 fully saturated rings. The molecule has 0 bridgehead atoms. The number of carboxylic acids is 1. The summed E-state index contributed by atoms with van der Waals surface area (Å²) in [7, 11) is 0. The summed E-state index contributed by atoms with van der Waals surface area (Å²) in [5.74, 6) is -2.20. The molecule has 0 unspecified atom stereocenters. The lowest BCUT2D eigenvalue weighted by molar-refractivity contribution is -0.142. The van der Waals surface area contributed by atoms with Gasteiger partial charge in [-0.1, -0.05) is 18.2 Å². The Labute approximate surface area is 181 Å². The molecule has 4 N–H and O–H groups in total. The Bertz CT molecular complexity index is 1010. The SMILES string of the molecule is C/C(=C\c1cc(C)c(-c2ccc(NC(C)C)c(F)c2)cc1C)C(=O)N[C@H](CO)C(=O)O. The molecule has 0 saturated heterocycles. The van der Waals surface area contributed by atoms with Gasteiger partial charge in [0.15, 0.2) is 6.04 Å². The number of amides is 1. The van der Waals surface area contributed by atoms with Gasteiger partial charge in [-0.2, -0.15) is 0 Å². The van der Waals surface area contributed by atoms with Crippen molar-refractivity contribution in [1.29, 1.82) is 0 Å². The molecule has 0 aliphatic carbocycles. The van der Waals surface area contributed by atoms with E-state index in [1.54, 1.807) is 19.1 Å². The molecule has 1 atom stereocenters. The molecule has 0 heterocycles. The summed E-state index contributed by atoms with van der Waals surface area (Å²) >= 11 is 0. The van der Waals surface area contributed by atoms with Gasteiger partial charge in [-0.15, -0.1) is 0 Å². The third-order valence-electron chi connectivity index (χ3n) is 4.85. The summed E-state index contributed by atoms with van der Waals surface area (Å²) < 4.78 is 14.5. The molecule has 7 heteroatoms. The minimum Gasteiger partial charge on any atom is -0.480 e. The maximum atomic E-state index is 14.5. The van der Waals surface area contributed by atoms with Gasteiger partial charge in [0, 0.05) is 11.6 Å². The van der Waals surface area contributed by atoms with Crippen LogP contribution in [-0.2, 0) is 9.59 Å². The predicted molar refractivity (Wildman–Crippen MR) is 120 cm³/mol. The fourth-order valence-corrected chi connectivity index (χ4v) is 3.17. The first-order chi connectivity index (χ1) is 14.5. The Hall–Kier alpha value is -3.19. The second-order valence-electron chi connectivity index (χ2n) is 7.89. The lowest BCUT2D eigenvalue weighted by Crippen LogP contribution is -2.43. The number of halogens is 1. The van der Waals surface area contributed by atoms with E-state index in [0.717, 1.165) is 27.8 Å². The number of hydrogen-bond donors (Lipinski definition) is 4. The molecular weight excluding hydrogens is 399 g/mol. The van der Waals surface area contributed by atoms with E-state index < -0.39 is 24.5 Å². The summed E-state index contributed by atoms with van der Waals surface area (Å²) in [6.45, 7) is 8.57. The number of benzene rings is 2. The standard InChI is InChI=1S/C24H29FN2O4/c1-13(2)26-21-7-6-17(11-20(21)25)19-10-14(3)18(8-15(19)4)9-16(5)23(29)27-22(12-28)24(30)31/h6-11,13,22,26,28H,12H2,1-5H3,(H,27,29)(H,30,31)/b16-9+/t22-/m1/s1. The number of aliphatic carboxylic acids is 1. The van der Waals surface area contributed by atoms with E-state index in [-0.39, 0.29) is 11.9 Å². The average molecular weight is 429 g/mol. The molecule has 166 valence electrons. The Morgan fingerprint density at radius 1 is 1.13 bits per heavy atom. The first kappa shape index (κ1) is 24.1. The summed E-state index contributed by atoms with van der Waals surface area (Å²) in [6.07, 6.45) is 1.66. The van der Waals surface area contributed by atoms with Gasteiger partial charge in [0.05, 0.1) is 12.3 Å². The molecule has 0 radical (unpaired) electrons. The van der Waals surface area contributed by atoms with Crippen LogP contribution in [0.5, 0.6) is 0 Å². The van der Waals surface area contributed by atoms with Crippen molar-refractivity contribution in [2.45, 2.75) is 46.7 Å². The first-order valence-electron chi connectivity index (χ1n) is 10.0. The van der Waals surface area contributed by atoms with Gasteiger partial charge < -0.3 is 20.8 Å². The lowest BCUT2D eigenvalue weighted by Gasteiger charge is -2.15. The van der Waals surface area contributed by atoms with E-state index in [1.165, 1.54) is 6.07 Å². The van der Waals surface area contributed by atoms with Crippen molar-refractivity contribution >= 4 is 23.6 Å². The van der Waals surface area contributed by atoms with Crippen molar-refractivity contribution in [3.63, 3.8) is 0 Å². The van der Waals surface area contributed by atoms with E-state index in [9.17, 15) is 14.0 Å². The number of hydrogen-bond acceptors (Lipinski definition) is 4. The smallest absolute Gasteiger partial charge is 0.328 e. The fourth-order valence-electron chi connectivity index (χ4n) is 3.17. The van der Waals surface area contributed by atoms with Crippen LogP contribution in [0, 0.1) is 19.7 Å². The van der Waals surface area contributed by atoms with Crippen LogP contribution in [0.2, 0.25) is 0 Å². The number of rotatable bonds is 8. The Balaban J connectivity index is 2.32. The van der Waals surface area contributed by atoms with Crippen molar-refractivity contribution in [3.05, 3.63) is 58.4 Å². The van der Waals surface area contributed by atoms with Gasteiger partial charge in [-0.3, -0.25) is 4.79 Å². The van der Waals surface area contributed by atoms with Crippen LogP contribution < -0.4 is 10.6 Å². The number of nitrogens with one attached hydrogen (secondary N) is 2. The van der Waals surface area contributed by atoms with Crippen LogP contribution in [0.15, 0.2) is 35.9 Å². The zero-order chi connectivity index (χ0) is 23.3. The second-order valence-corrected chi connectivity index (χ2v) is 7.89. The van der Waals surface area contributed by atoms with E-state index in [2.05, 4.69) is 10.6 Å². The van der Waals surface area contributed by atoms with Crippen LogP contribution in [0.25, 0.3) is 17.2 Å². The number of carboxylic acid groups (broad SMARTS) is 1. The molecular formula is C24H29FN2O4. The number of carbonyl (C=O) groups is 2. The predicted octanol–water partition coefficient (Wildman–Crippen LogP) is 3.89. The molecule has 0 aliphatic heterocycles. The zero-order valence-electron chi connectivity index (χ0n) is 18.4. The highest BCUT2D eigenvalue weighted by Crippen LogP contribution is 2.30. The average Bonchev–Trinajstić information content (AvgIpc) is 2.69. The van der Waals surface area contributed by atoms with Gasteiger partial charge >= 0.3 is 5.97 Å². The highest BCUT2D eigenvalue weighted by atomic mass is 19.1. The van der Waals surface area contributed by atoms with Crippen molar-refractivity contribution in [1.82, 2.24) is 5.32 Å². The molecule has 2 aromatic carbocycles. The number of carbonyl (C=O) groups excluding carboxylic acids is 1. The van der Waals surface area contributed by atoms with Crippen LogP contribution in [0.4, 0.5) is 10.1 Å². The van der Waals surface area contributed by atoms with Gasteiger partial charge in [-0.25, -0.2) is 9.18 Å². The number of aliphatic hydroxyl groups is 1. The maximum Gasteiger partial charge on any atom is 0.328 e. The summed E-state index contributed by atoms with van der Waals surface area (Å²) in [5.41, 5.74) is 5.00. The highest BCUT2D eigenvalue weighted by molar-refractivity contribution is 5.99. The monoisotopic (exact) mass is 428 g/mol. The summed E-state index contributed by atoms with van der Waals surface area (Å²) in [4.78, 5) is 23.2. The lowest BCUT2D eigenvalue weighted by atomic mass is 9.94. The van der Waals surface area contributed by atoms with E-state index in [0.29, 0.717) is 11.3 Å². The largest absolute Gasteiger partial charge is 0.480 e. The molecule has 0 aromatic heterocycles. The minimum absolute atomic E-state index is 0.124. The molecule has 0 saturated carbocycles. The normalized spacial score (nSPS) is 12.6. The molecule has 0 aliphatic rings. The molecule has 2 rings (SSSR count). The molecule has 1 amide bonds. The topological polar surface area (TPSA) is 98.7 Å². The third-order valence-corrected chi connectivity index (χ3v) is 4.85. The fraction of sp³-hybridized carbons (Fsp3) is 0.333. The number of anilines is 1. The van der Waals surface area contributed by atoms with E-state index in [1.807, 2.05) is 45.9 Å². The van der Waals surface area contributed by atoms with Gasteiger partial charge in [0.1, 0.15) is 5.82 Å². The summed E-state index contributed by atoms with van der Waals surface area (Å²) in [6, 6.07) is 7.70. The molecule has 6 nitrogen and oxygen atoms in total. The maximum absolute atomic E-state index is 14.5. The van der Waals surface area contributed by atoms with Crippen molar-refractivity contribution in [3.8, 4) is 11.1 Å². The Morgan fingerprint density at radius 3 is 2.35 bits per heavy atom. The molecule has 2 aromatic rings. The molecule has 0 spiro atoms. The second kappa shape index (κ2) is 10.2. The highest BCUT2D eigenvalue weighted by Gasteiger charge is 2.19. The van der Waals surface area contributed by atoms with Crippen LogP contribution in [0.1, 0.15) is 37.5 Å². The van der Waals surface area contributed by atoms with Crippen LogP contribution in [0.3, 0.4) is 0 Å². The van der Waals surface area contributed by atoms with Gasteiger partial charge in [0.2, 0.25) is 5.91 Å². The zero-order valence-corrected chi connectivity index (χ0v) is 18.4. The number of aliphatic hydroxyl groups excluding tert-OH is 1. The Kier molecular flexibility index (Phi) is 7.94. The summed E-state index contributed by atoms with van der Waals surface area (Å²) in [5, 5.41) is 23.4. The Morgan fingerprint density at radius 2 is 1.81 bits per heavy atom. The van der Waals surface area contributed by atoms with Gasteiger partial charge in [0.25, 0.3) is 0 Å². The van der Waals surface area contributed by atoms with Gasteiger partial charge in [-0.05, 0) is 80.6 Å². The third kappa shape index (κ3) is 6.15. The van der Waals surface area contributed by atoms with Crippen molar-refractivity contribution in [2.24, 2.45) is 0 Å². The quantitative estimate of drug-likeness (QED) is 0.478. The van der Waals surface area contributed by atoms with Crippen LogP contribution >= 0.6 is 0 Å². The van der Waals surface area contributed by atoms with Crippen molar-refractivity contribution in [2.75, 3.05) is 11.9 Å². The van der Waals surface area contributed by atoms with E-state index in [4.69, 9.17) is 10.2 Å². The first-order valence-corrected chi connectivity index (χ1v) is 10.0. The minimum atomic E-state index is -1.36.